The van der Waals surface area contributed by atoms with Crippen LogP contribution in [0.25, 0.3) is 27.7 Å². The van der Waals surface area contributed by atoms with Crippen LogP contribution >= 0.6 is 0 Å². The Balaban J connectivity index is 1.63. The molecule has 138 valence electrons. The van der Waals surface area contributed by atoms with Crippen molar-refractivity contribution in [1.29, 1.82) is 0 Å². The number of carbonyl (C=O) groups excluding carboxylic acids is 1. The third-order valence-corrected chi connectivity index (χ3v) is 5.01. The minimum atomic E-state index is -0.481. The summed E-state index contributed by atoms with van der Waals surface area (Å²) in [6.07, 6.45) is 4.20. The maximum atomic E-state index is 11.9. The van der Waals surface area contributed by atoms with Crippen molar-refractivity contribution in [1.82, 2.24) is 20.1 Å². The van der Waals surface area contributed by atoms with Gasteiger partial charge in [-0.05, 0) is 58.2 Å². The predicted octanol–water partition coefficient (Wildman–Crippen LogP) is 3.21. The molecule has 1 aliphatic heterocycles. The number of benzene rings is 2. The Labute approximate surface area is 158 Å². The van der Waals surface area contributed by atoms with Crippen LogP contribution in [0.3, 0.4) is 0 Å². The normalized spacial score (nSPS) is 13.4. The molecule has 2 aromatic carbocycles. The van der Waals surface area contributed by atoms with Crippen LogP contribution in [0.5, 0.6) is 0 Å². The zero-order valence-electron chi connectivity index (χ0n) is 14.7. The highest BCUT2D eigenvalue weighted by atomic mass is 16.6. The molecule has 28 heavy (non-hydrogen) atoms. The number of carbonyl (C=O) groups is 1. The first-order valence-electron chi connectivity index (χ1n) is 8.83. The van der Waals surface area contributed by atoms with E-state index in [4.69, 9.17) is 0 Å². The summed E-state index contributed by atoms with van der Waals surface area (Å²) in [5, 5.41) is 19.7. The van der Waals surface area contributed by atoms with Crippen LogP contribution in [0.15, 0.2) is 54.9 Å². The summed E-state index contributed by atoms with van der Waals surface area (Å²) in [5.74, 6) is -0.330. The molecule has 0 unspecified atom stereocenters. The second-order valence-electron chi connectivity index (χ2n) is 6.70. The number of fused-ring (bicyclic) bond motifs is 2. The van der Waals surface area contributed by atoms with Gasteiger partial charge in [0.2, 0.25) is 0 Å². The number of H-pyrrole nitrogens is 1. The number of amides is 1. The van der Waals surface area contributed by atoms with Gasteiger partial charge < -0.3 is 20.4 Å². The molecule has 0 fully saturated rings. The van der Waals surface area contributed by atoms with E-state index in [1.165, 1.54) is 4.68 Å². The Hall–Kier alpha value is -3.94. The second kappa shape index (κ2) is 6.05. The molecule has 0 radical (unpaired) electrons. The molecule has 5 rings (SSSR count). The highest BCUT2D eigenvalue weighted by molar-refractivity contribution is 5.97. The minimum Gasteiger partial charge on any atom is -0.361 e. The van der Waals surface area contributed by atoms with E-state index in [1.54, 1.807) is 18.3 Å². The highest BCUT2D eigenvalue weighted by Crippen LogP contribution is 2.32. The van der Waals surface area contributed by atoms with Gasteiger partial charge in [0, 0.05) is 23.8 Å². The third kappa shape index (κ3) is 2.54. The summed E-state index contributed by atoms with van der Waals surface area (Å²) in [6, 6.07) is 12.9. The van der Waals surface area contributed by atoms with Crippen molar-refractivity contribution < 1.29 is 9.72 Å². The van der Waals surface area contributed by atoms with Gasteiger partial charge >= 0.3 is 5.82 Å². The lowest BCUT2D eigenvalue weighted by Gasteiger charge is -2.16. The quantitative estimate of drug-likeness (QED) is 0.425. The number of nitro groups is 1. The van der Waals surface area contributed by atoms with Gasteiger partial charge in [-0.2, -0.15) is 0 Å². The van der Waals surface area contributed by atoms with E-state index in [9.17, 15) is 14.9 Å². The van der Waals surface area contributed by atoms with Crippen molar-refractivity contribution in [2.24, 2.45) is 0 Å². The predicted molar refractivity (Wildman–Crippen MR) is 104 cm³/mol. The van der Waals surface area contributed by atoms with Gasteiger partial charge in [-0.1, -0.05) is 12.1 Å². The van der Waals surface area contributed by atoms with Crippen molar-refractivity contribution in [2.45, 2.75) is 6.42 Å². The molecule has 1 aliphatic rings. The zero-order chi connectivity index (χ0) is 19.3. The van der Waals surface area contributed by atoms with Crippen LogP contribution in [0, 0.1) is 10.1 Å². The average Bonchev–Trinajstić information content (AvgIpc) is 3.34. The summed E-state index contributed by atoms with van der Waals surface area (Å²) in [7, 11) is 0. The number of hydrogen-bond donors (Lipinski definition) is 2. The monoisotopic (exact) mass is 373 g/mol. The Morgan fingerprint density at radius 3 is 2.86 bits per heavy atom. The topological polar surface area (TPSA) is 106 Å². The van der Waals surface area contributed by atoms with Crippen LogP contribution in [-0.4, -0.2) is 32.1 Å². The molecule has 8 heteroatoms. The van der Waals surface area contributed by atoms with Crippen molar-refractivity contribution in [2.75, 3.05) is 6.54 Å². The lowest BCUT2D eigenvalue weighted by atomic mass is 9.96. The summed E-state index contributed by atoms with van der Waals surface area (Å²) < 4.78 is 1.51. The largest absolute Gasteiger partial charge is 0.398 e. The summed E-state index contributed by atoms with van der Waals surface area (Å²) >= 11 is 0. The fraction of sp³-hybridized carbons (Fsp3) is 0.100. The molecule has 0 bridgehead atoms. The SMILES string of the molecule is O=C1NCCc2cc(-c3cn(-c4ccc5cc[nH]c5c4)nc3[N+](=O)[O-])ccc21. The summed E-state index contributed by atoms with van der Waals surface area (Å²) in [4.78, 5) is 26.2. The van der Waals surface area contributed by atoms with Crippen LogP contribution in [0.1, 0.15) is 15.9 Å². The Kier molecular flexibility index (Phi) is 3.51. The third-order valence-electron chi connectivity index (χ3n) is 5.01. The lowest BCUT2D eigenvalue weighted by Crippen LogP contribution is -2.31. The molecule has 2 N–H and O–H groups in total. The first-order chi connectivity index (χ1) is 13.6. The molecular weight excluding hydrogens is 358 g/mol. The number of nitrogens with zero attached hydrogens (tertiary/aromatic N) is 3. The maximum Gasteiger partial charge on any atom is 0.398 e. The van der Waals surface area contributed by atoms with Crippen LogP contribution in [0.2, 0.25) is 0 Å². The Morgan fingerprint density at radius 2 is 2.00 bits per heavy atom. The van der Waals surface area contributed by atoms with E-state index in [-0.39, 0.29) is 11.7 Å². The molecular formula is C20H15N5O3. The molecule has 3 heterocycles. The van der Waals surface area contributed by atoms with Crippen LogP contribution in [0.4, 0.5) is 5.82 Å². The van der Waals surface area contributed by atoms with E-state index < -0.39 is 4.92 Å². The smallest absolute Gasteiger partial charge is 0.361 e. The van der Waals surface area contributed by atoms with Gasteiger partial charge in [-0.3, -0.25) is 4.79 Å². The zero-order valence-corrected chi connectivity index (χ0v) is 14.7. The average molecular weight is 373 g/mol. The van der Waals surface area contributed by atoms with Gasteiger partial charge in [0.15, 0.2) is 0 Å². The van der Waals surface area contributed by atoms with Crippen LogP contribution < -0.4 is 5.32 Å². The first kappa shape index (κ1) is 16.2. The summed E-state index contributed by atoms with van der Waals surface area (Å²) in [5.41, 5.74) is 4.25. The van der Waals surface area contributed by atoms with Crippen molar-refractivity contribution in [3.8, 4) is 16.8 Å². The van der Waals surface area contributed by atoms with E-state index in [0.29, 0.717) is 29.7 Å². The van der Waals surface area contributed by atoms with Gasteiger partial charge in [0.1, 0.15) is 5.56 Å². The lowest BCUT2D eigenvalue weighted by molar-refractivity contribution is -0.389. The van der Waals surface area contributed by atoms with E-state index in [1.807, 2.05) is 36.5 Å². The first-order valence-corrected chi connectivity index (χ1v) is 8.83. The molecule has 1 amide bonds. The van der Waals surface area contributed by atoms with Gasteiger partial charge in [-0.15, -0.1) is 4.68 Å². The molecule has 0 atom stereocenters. The number of aromatic nitrogens is 3. The molecule has 0 aliphatic carbocycles. The number of nitrogens with one attached hydrogen (secondary N) is 2. The molecule has 0 saturated carbocycles. The van der Waals surface area contributed by atoms with E-state index in [0.717, 1.165) is 22.2 Å². The molecule has 0 spiro atoms. The van der Waals surface area contributed by atoms with E-state index >= 15 is 0 Å². The van der Waals surface area contributed by atoms with Crippen molar-refractivity contribution in [3.63, 3.8) is 0 Å². The summed E-state index contributed by atoms with van der Waals surface area (Å²) in [6.45, 7) is 0.562. The number of aromatic amines is 1. The highest BCUT2D eigenvalue weighted by Gasteiger charge is 2.25. The molecule has 0 saturated heterocycles. The fourth-order valence-electron chi connectivity index (χ4n) is 3.61. The van der Waals surface area contributed by atoms with Gasteiger partial charge in [-0.25, -0.2) is 0 Å². The van der Waals surface area contributed by atoms with E-state index in [2.05, 4.69) is 15.4 Å². The van der Waals surface area contributed by atoms with Gasteiger partial charge in [0.25, 0.3) is 5.91 Å². The number of rotatable bonds is 3. The van der Waals surface area contributed by atoms with Crippen molar-refractivity contribution >= 4 is 22.6 Å². The van der Waals surface area contributed by atoms with Gasteiger partial charge in [0.05, 0.1) is 17.0 Å². The number of hydrogen-bond acceptors (Lipinski definition) is 4. The molecule has 2 aromatic heterocycles. The fourth-order valence-corrected chi connectivity index (χ4v) is 3.61. The minimum absolute atomic E-state index is 0.114. The second-order valence-corrected chi connectivity index (χ2v) is 6.70. The maximum absolute atomic E-state index is 11.9. The van der Waals surface area contributed by atoms with Crippen molar-refractivity contribution in [3.05, 3.63) is 76.1 Å². The Morgan fingerprint density at radius 1 is 1.11 bits per heavy atom. The Bertz CT molecular complexity index is 1250. The van der Waals surface area contributed by atoms with Crippen LogP contribution in [-0.2, 0) is 6.42 Å². The molecule has 4 aromatic rings. The molecule has 8 nitrogen and oxygen atoms in total. The standard InChI is InChI=1S/C20H15N5O3/c26-20-16-4-2-13(9-14(16)6-8-22-20)17-11-24(23-19(17)25(27)28)15-3-1-12-5-7-21-18(12)10-15/h1-5,7,9-11,21H,6,8H2,(H,22,26).